The number of rotatable bonds is 3. The Morgan fingerprint density at radius 2 is 2.05 bits per heavy atom. The molecule has 1 fully saturated rings. The van der Waals surface area contributed by atoms with Gasteiger partial charge in [-0.15, -0.1) is 11.3 Å². The van der Waals surface area contributed by atoms with Crippen molar-refractivity contribution in [3.8, 4) is 11.3 Å². The lowest BCUT2D eigenvalue weighted by Gasteiger charge is -2.30. The van der Waals surface area contributed by atoms with Crippen LogP contribution in [0, 0.1) is 0 Å². The molecule has 3 rings (SSSR count). The molecule has 0 saturated carbocycles. The van der Waals surface area contributed by atoms with Crippen LogP contribution in [0.25, 0.3) is 11.3 Å². The van der Waals surface area contributed by atoms with E-state index < -0.39 is 0 Å². The summed E-state index contributed by atoms with van der Waals surface area (Å²) in [6.07, 6.45) is 0. The number of morpholine rings is 1. The van der Waals surface area contributed by atoms with Gasteiger partial charge in [0.15, 0.2) is 0 Å². The van der Waals surface area contributed by atoms with Gasteiger partial charge in [-0.3, -0.25) is 0 Å². The van der Waals surface area contributed by atoms with Gasteiger partial charge in [0.1, 0.15) is 0 Å². The van der Waals surface area contributed by atoms with Gasteiger partial charge in [0.2, 0.25) is 0 Å². The van der Waals surface area contributed by atoms with E-state index in [1.807, 2.05) is 6.07 Å². The first-order valence-corrected chi connectivity index (χ1v) is 8.21. The van der Waals surface area contributed by atoms with Crippen molar-refractivity contribution in [2.75, 3.05) is 36.9 Å². The molecule has 21 heavy (non-hydrogen) atoms. The summed E-state index contributed by atoms with van der Waals surface area (Å²) in [5, 5.41) is 3.28. The molecular weight excluding hydrogens is 282 g/mol. The highest BCUT2D eigenvalue weighted by molar-refractivity contribution is 7.10. The van der Waals surface area contributed by atoms with Gasteiger partial charge in [0.05, 0.1) is 35.3 Å². The summed E-state index contributed by atoms with van der Waals surface area (Å²) in [5.41, 5.74) is 10.3. The number of nitrogen functional groups attached to an aromatic ring is 1. The predicted molar refractivity (Wildman–Crippen MR) is 89.1 cm³/mol. The van der Waals surface area contributed by atoms with Gasteiger partial charge in [-0.05, 0) is 12.1 Å². The Hall–Kier alpha value is -1.59. The summed E-state index contributed by atoms with van der Waals surface area (Å²) in [7, 11) is 0. The van der Waals surface area contributed by atoms with Gasteiger partial charge in [-0.2, -0.15) is 0 Å². The fraction of sp³-hybridized carbons (Fsp3) is 0.438. The van der Waals surface area contributed by atoms with Gasteiger partial charge in [0.25, 0.3) is 0 Å². The van der Waals surface area contributed by atoms with E-state index in [1.54, 1.807) is 11.3 Å². The van der Waals surface area contributed by atoms with Crippen molar-refractivity contribution in [3.63, 3.8) is 0 Å². The highest BCUT2D eigenvalue weighted by Crippen LogP contribution is 2.31. The summed E-state index contributed by atoms with van der Waals surface area (Å²) in [6.45, 7) is 7.67. The molecule has 2 heterocycles. The molecule has 1 aliphatic rings. The third-order valence-electron chi connectivity index (χ3n) is 3.69. The smallest absolute Gasteiger partial charge is 0.0958 e. The van der Waals surface area contributed by atoms with E-state index in [-0.39, 0.29) is 0 Å². The first-order chi connectivity index (χ1) is 10.1. The molecule has 2 N–H and O–H groups in total. The van der Waals surface area contributed by atoms with Crippen molar-refractivity contribution in [1.29, 1.82) is 0 Å². The van der Waals surface area contributed by atoms with Crippen LogP contribution < -0.4 is 10.6 Å². The van der Waals surface area contributed by atoms with Gasteiger partial charge >= 0.3 is 0 Å². The number of hydrogen-bond acceptors (Lipinski definition) is 5. The van der Waals surface area contributed by atoms with Crippen LogP contribution in [0.2, 0.25) is 0 Å². The average Bonchev–Trinajstić information content (AvgIpc) is 2.98. The molecule has 1 aliphatic heterocycles. The van der Waals surface area contributed by atoms with Gasteiger partial charge in [0, 0.05) is 30.0 Å². The molecule has 0 bridgehead atoms. The molecule has 0 atom stereocenters. The van der Waals surface area contributed by atoms with Crippen molar-refractivity contribution >= 4 is 22.7 Å². The summed E-state index contributed by atoms with van der Waals surface area (Å²) in [4.78, 5) is 6.97. The molecule has 0 spiro atoms. The van der Waals surface area contributed by atoms with E-state index in [2.05, 4.69) is 36.3 Å². The second-order valence-electron chi connectivity index (χ2n) is 5.60. The van der Waals surface area contributed by atoms with Crippen molar-refractivity contribution in [2.24, 2.45) is 0 Å². The second kappa shape index (κ2) is 6.03. The molecule has 5 heteroatoms. The summed E-state index contributed by atoms with van der Waals surface area (Å²) in [5.74, 6) is 0.466. The van der Waals surface area contributed by atoms with Gasteiger partial charge in [-0.25, -0.2) is 4.98 Å². The third kappa shape index (κ3) is 3.04. The lowest BCUT2D eigenvalue weighted by atomic mass is 10.1. The number of ether oxygens (including phenoxy) is 1. The predicted octanol–water partition coefficient (Wildman–Crippen LogP) is 3.35. The summed E-state index contributed by atoms with van der Waals surface area (Å²) >= 11 is 1.71. The van der Waals surface area contributed by atoms with E-state index in [0.29, 0.717) is 5.92 Å². The van der Waals surface area contributed by atoms with E-state index in [0.717, 1.165) is 48.9 Å². The lowest BCUT2D eigenvalue weighted by molar-refractivity contribution is 0.123. The zero-order chi connectivity index (χ0) is 14.8. The quantitative estimate of drug-likeness (QED) is 0.884. The highest BCUT2D eigenvalue weighted by Gasteiger charge is 2.15. The maximum Gasteiger partial charge on any atom is 0.0958 e. The van der Waals surface area contributed by atoms with Crippen molar-refractivity contribution in [3.05, 3.63) is 28.6 Å². The third-order valence-corrected chi connectivity index (χ3v) is 4.84. The first-order valence-electron chi connectivity index (χ1n) is 7.33. The van der Waals surface area contributed by atoms with Gasteiger partial charge < -0.3 is 15.4 Å². The van der Waals surface area contributed by atoms with E-state index in [9.17, 15) is 0 Å². The Bertz CT molecular complexity index is 618. The Kier molecular flexibility index (Phi) is 4.12. The number of hydrogen-bond donors (Lipinski definition) is 1. The van der Waals surface area contributed by atoms with Crippen molar-refractivity contribution in [1.82, 2.24) is 4.98 Å². The molecule has 0 unspecified atom stereocenters. The van der Waals surface area contributed by atoms with Crippen molar-refractivity contribution < 1.29 is 4.74 Å². The molecule has 0 aliphatic carbocycles. The van der Waals surface area contributed by atoms with Crippen LogP contribution in [0.3, 0.4) is 0 Å². The summed E-state index contributed by atoms with van der Waals surface area (Å²) in [6, 6.07) is 6.24. The normalized spacial score (nSPS) is 15.7. The lowest BCUT2D eigenvalue weighted by Crippen LogP contribution is -2.36. The van der Waals surface area contributed by atoms with Crippen molar-refractivity contribution in [2.45, 2.75) is 19.8 Å². The Balaban J connectivity index is 1.85. The molecule has 112 valence electrons. The first kappa shape index (κ1) is 14.4. The SMILES string of the molecule is CC(C)c1nc(-c2ccc(N3CCOCC3)c(N)c2)cs1. The standard InChI is InChI=1S/C16H21N3OS/c1-11(2)16-18-14(10-21-16)12-3-4-15(13(17)9-12)19-5-7-20-8-6-19/h3-4,9-11H,5-8,17H2,1-2H3. The van der Waals surface area contributed by atoms with Crippen LogP contribution in [0.5, 0.6) is 0 Å². The molecule has 1 aromatic carbocycles. The fourth-order valence-electron chi connectivity index (χ4n) is 2.49. The zero-order valence-electron chi connectivity index (χ0n) is 12.5. The molecule has 1 aromatic heterocycles. The molecule has 1 saturated heterocycles. The van der Waals surface area contributed by atoms with E-state index >= 15 is 0 Å². The minimum Gasteiger partial charge on any atom is -0.397 e. The Morgan fingerprint density at radius 1 is 1.29 bits per heavy atom. The van der Waals surface area contributed by atoms with Gasteiger partial charge in [-0.1, -0.05) is 19.9 Å². The molecule has 0 radical (unpaired) electrons. The maximum absolute atomic E-state index is 6.25. The fourth-order valence-corrected chi connectivity index (χ4v) is 3.34. The highest BCUT2D eigenvalue weighted by atomic mass is 32.1. The number of nitrogens with two attached hydrogens (primary N) is 1. The molecule has 0 amide bonds. The molecule has 2 aromatic rings. The minimum absolute atomic E-state index is 0.466. The number of aromatic nitrogens is 1. The monoisotopic (exact) mass is 303 g/mol. The number of thiazole rings is 1. The maximum atomic E-state index is 6.25. The van der Waals surface area contributed by atoms with Crippen LogP contribution in [0.15, 0.2) is 23.6 Å². The topological polar surface area (TPSA) is 51.4 Å². The van der Waals surface area contributed by atoms with Crippen LogP contribution in [-0.4, -0.2) is 31.3 Å². The number of nitrogens with zero attached hydrogens (tertiary/aromatic N) is 2. The Morgan fingerprint density at radius 3 is 2.67 bits per heavy atom. The van der Waals surface area contributed by atoms with Crippen LogP contribution in [-0.2, 0) is 4.74 Å². The number of anilines is 2. The average molecular weight is 303 g/mol. The van der Waals surface area contributed by atoms with Crippen LogP contribution in [0.1, 0.15) is 24.8 Å². The van der Waals surface area contributed by atoms with Crippen LogP contribution >= 0.6 is 11.3 Å². The zero-order valence-corrected chi connectivity index (χ0v) is 13.3. The molecular formula is C16H21N3OS. The molecule has 4 nitrogen and oxygen atoms in total. The van der Waals surface area contributed by atoms with E-state index in [1.165, 1.54) is 5.01 Å². The van der Waals surface area contributed by atoms with Crippen LogP contribution in [0.4, 0.5) is 11.4 Å². The number of benzene rings is 1. The largest absolute Gasteiger partial charge is 0.397 e. The minimum atomic E-state index is 0.466. The summed E-state index contributed by atoms with van der Waals surface area (Å²) < 4.78 is 5.39. The van der Waals surface area contributed by atoms with E-state index in [4.69, 9.17) is 15.5 Å². The second-order valence-corrected chi connectivity index (χ2v) is 6.49. The Labute approximate surface area is 129 Å².